The molecule has 0 spiro atoms. The molecule has 0 aromatic heterocycles. The fraction of sp³-hybridized carbons (Fsp3) is 0. The van der Waals surface area contributed by atoms with Crippen molar-refractivity contribution in [3.8, 4) is 0 Å². The van der Waals surface area contributed by atoms with Crippen molar-refractivity contribution in [3.63, 3.8) is 0 Å². The van der Waals surface area contributed by atoms with Crippen LogP contribution in [0.2, 0.25) is 0 Å². The topological polar surface area (TPSA) is 373 Å². The van der Waals surface area contributed by atoms with Crippen molar-refractivity contribution >= 4 is 59.7 Å². The second-order valence-corrected chi connectivity index (χ2v) is 3.05. The van der Waals surface area contributed by atoms with Crippen molar-refractivity contribution in [1.29, 1.82) is 0 Å². The van der Waals surface area contributed by atoms with Gasteiger partial charge in [0.2, 0.25) is 0 Å². The van der Waals surface area contributed by atoms with Crippen molar-refractivity contribution in [2.24, 2.45) is 0 Å². The monoisotopic (exact) mass is 474 g/mol. The number of carboxylic acids is 10. The van der Waals surface area contributed by atoms with Crippen LogP contribution in [0.3, 0.4) is 0 Å². The van der Waals surface area contributed by atoms with Crippen LogP contribution in [-0.2, 0) is 47.9 Å². The molecular formula is C10H11NaO20. The number of hydrogen-bond acceptors (Lipinski definition) is 10. The van der Waals surface area contributed by atoms with E-state index in [9.17, 15) is 0 Å². The number of rotatable bonds is 0. The minimum absolute atomic E-state index is 0. The molecule has 0 radical (unpaired) electrons. The normalized spacial score (nSPS) is 7.10. The van der Waals surface area contributed by atoms with E-state index in [1.165, 1.54) is 0 Å². The molecule has 0 amide bonds. The van der Waals surface area contributed by atoms with Crippen LogP contribution in [0.1, 0.15) is 1.43 Å². The first-order valence-electron chi connectivity index (χ1n) is 5.53. The van der Waals surface area contributed by atoms with E-state index in [1.54, 1.807) is 0 Å². The number of hydrogen-bond donors (Lipinski definition) is 10. The molecule has 0 aromatic carbocycles. The van der Waals surface area contributed by atoms with Gasteiger partial charge in [-0.05, 0) is 0 Å². The smallest absolute Gasteiger partial charge is 1.00 e. The second kappa shape index (κ2) is 23.7. The SMILES string of the molecule is O=C(O)C(=O)O.O=C(O)C(=O)O.O=C(O)C(=O)O.O=C(O)C(=O)O.O=C(O)C(=O)O.[H-].[Na+]. The molecule has 0 atom stereocenters. The minimum Gasteiger partial charge on any atom is -1.00 e. The van der Waals surface area contributed by atoms with E-state index in [-0.39, 0.29) is 31.0 Å². The van der Waals surface area contributed by atoms with Crippen LogP contribution in [-0.4, -0.2) is 111 Å². The molecular weight excluding hydrogens is 463 g/mol. The third-order valence-electron chi connectivity index (χ3n) is 0.915. The summed E-state index contributed by atoms with van der Waals surface area (Å²) >= 11 is 0. The molecule has 0 bridgehead atoms. The third kappa shape index (κ3) is 58.6. The zero-order chi connectivity index (χ0) is 25.8. The Balaban J connectivity index is -0.0000000481. The summed E-state index contributed by atoms with van der Waals surface area (Å²) in [5, 5.41) is 73.9. The maximum Gasteiger partial charge on any atom is 1.00 e. The minimum atomic E-state index is -1.82. The van der Waals surface area contributed by atoms with Crippen molar-refractivity contribution in [2.75, 3.05) is 0 Å². The molecule has 0 rings (SSSR count). The van der Waals surface area contributed by atoms with Gasteiger partial charge in [0.05, 0.1) is 0 Å². The summed E-state index contributed by atoms with van der Waals surface area (Å²) in [6.07, 6.45) is 0. The van der Waals surface area contributed by atoms with E-state index >= 15 is 0 Å². The van der Waals surface area contributed by atoms with Gasteiger partial charge in [-0.15, -0.1) is 0 Å². The molecule has 0 aromatic rings. The molecule has 21 heteroatoms. The van der Waals surface area contributed by atoms with Gasteiger partial charge in [-0.25, -0.2) is 47.9 Å². The van der Waals surface area contributed by atoms with Crippen LogP contribution in [0.4, 0.5) is 0 Å². The van der Waals surface area contributed by atoms with Gasteiger partial charge in [-0.3, -0.25) is 0 Å². The summed E-state index contributed by atoms with van der Waals surface area (Å²) in [7, 11) is 0. The Hall–Kier alpha value is -4.30. The fourth-order valence-corrected chi connectivity index (χ4v) is 0. The molecule has 0 heterocycles. The third-order valence-corrected chi connectivity index (χ3v) is 0.915. The Bertz CT molecular complexity index is 510. The van der Waals surface area contributed by atoms with E-state index in [1.807, 2.05) is 0 Å². The fourth-order valence-electron chi connectivity index (χ4n) is 0. The van der Waals surface area contributed by atoms with Gasteiger partial charge in [-0.1, -0.05) is 0 Å². The average molecular weight is 474 g/mol. The van der Waals surface area contributed by atoms with Crippen LogP contribution in [0.15, 0.2) is 0 Å². The Morgan fingerprint density at radius 2 is 0.290 bits per heavy atom. The van der Waals surface area contributed by atoms with Gasteiger partial charge in [0.25, 0.3) is 0 Å². The Morgan fingerprint density at radius 3 is 0.290 bits per heavy atom. The van der Waals surface area contributed by atoms with Gasteiger partial charge >= 0.3 is 89.3 Å². The van der Waals surface area contributed by atoms with E-state index < -0.39 is 59.7 Å². The molecule has 0 aliphatic rings. The first kappa shape index (κ1) is 41.2. The van der Waals surface area contributed by atoms with Gasteiger partial charge in [0, 0.05) is 0 Å². The van der Waals surface area contributed by atoms with Crippen LogP contribution in [0, 0.1) is 0 Å². The van der Waals surface area contributed by atoms with Crippen LogP contribution < -0.4 is 29.6 Å². The first-order valence-corrected chi connectivity index (χ1v) is 5.53. The Morgan fingerprint density at radius 1 is 0.258 bits per heavy atom. The molecule has 0 aliphatic carbocycles. The maximum atomic E-state index is 9.10. The molecule has 10 N–H and O–H groups in total. The molecule has 172 valence electrons. The molecule has 31 heavy (non-hydrogen) atoms. The summed E-state index contributed by atoms with van der Waals surface area (Å²) in [6, 6.07) is 0. The summed E-state index contributed by atoms with van der Waals surface area (Å²) < 4.78 is 0. The second-order valence-electron chi connectivity index (χ2n) is 3.05. The predicted molar refractivity (Wildman–Crippen MR) is 77.5 cm³/mol. The average Bonchev–Trinajstić information content (AvgIpc) is 2.56. The largest absolute Gasteiger partial charge is 1.00 e. The summed E-state index contributed by atoms with van der Waals surface area (Å²) in [5.74, 6) is -18.2. The molecule has 0 saturated heterocycles. The van der Waals surface area contributed by atoms with Crippen molar-refractivity contribution in [2.45, 2.75) is 0 Å². The van der Waals surface area contributed by atoms with Gasteiger partial charge < -0.3 is 52.5 Å². The van der Waals surface area contributed by atoms with Crippen molar-refractivity contribution in [3.05, 3.63) is 0 Å². The van der Waals surface area contributed by atoms with Gasteiger partial charge in [-0.2, -0.15) is 0 Å². The Labute approximate surface area is 190 Å². The van der Waals surface area contributed by atoms with Crippen molar-refractivity contribution in [1.82, 2.24) is 0 Å². The molecule has 0 fully saturated rings. The van der Waals surface area contributed by atoms with E-state index in [0.717, 1.165) is 0 Å². The van der Waals surface area contributed by atoms with E-state index in [4.69, 9.17) is 99.0 Å². The number of carbonyl (C=O) groups is 10. The number of aliphatic carboxylic acids is 10. The number of carboxylic acid groups (broad SMARTS) is 10. The van der Waals surface area contributed by atoms with E-state index in [2.05, 4.69) is 0 Å². The van der Waals surface area contributed by atoms with Gasteiger partial charge in [0.1, 0.15) is 0 Å². The molecule has 20 nitrogen and oxygen atoms in total. The zero-order valence-electron chi connectivity index (χ0n) is 15.6. The van der Waals surface area contributed by atoms with Gasteiger partial charge in [0.15, 0.2) is 0 Å². The van der Waals surface area contributed by atoms with Crippen LogP contribution in [0.25, 0.3) is 0 Å². The zero-order valence-corrected chi connectivity index (χ0v) is 16.6. The standard InChI is InChI=1S/5C2H2O4.Na.H/c5*3-1(4)2(5)6;;/h5*(H,3,4)(H,5,6);;/q;;;;;+1;-1. The summed E-state index contributed by atoms with van der Waals surface area (Å²) in [6.45, 7) is 0. The molecule has 0 aliphatic heterocycles. The first-order chi connectivity index (χ1) is 13.2. The van der Waals surface area contributed by atoms with Crippen molar-refractivity contribution < 1.29 is 130 Å². The quantitative estimate of drug-likeness (QED) is 0.115. The summed E-state index contributed by atoms with van der Waals surface area (Å²) in [4.78, 5) is 91.0. The summed E-state index contributed by atoms with van der Waals surface area (Å²) in [5.41, 5.74) is 0. The van der Waals surface area contributed by atoms with E-state index in [0.29, 0.717) is 0 Å². The van der Waals surface area contributed by atoms with Crippen LogP contribution >= 0.6 is 0 Å². The predicted octanol–water partition coefficient (Wildman–Crippen LogP) is -7.11. The molecule has 0 unspecified atom stereocenters. The molecule has 0 saturated carbocycles. The maximum absolute atomic E-state index is 9.10. The van der Waals surface area contributed by atoms with Crippen LogP contribution in [0.5, 0.6) is 0 Å². The Kier molecular flexibility index (Phi) is 31.5.